The van der Waals surface area contributed by atoms with E-state index in [-0.39, 0.29) is 11.7 Å². The Morgan fingerprint density at radius 3 is 2.62 bits per heavy atom. The lowest BCUT2D eigenvalue weighted by Crippen LogP contribution is -2.48. The summed E-state index contributed by atoms with van der Waals surface area (Å²) in [7, 11) is 0. The third-order valence-corrected chi connectivity index (χ3v) is 4.91. The van der Waals surface area contributed by atoms with Crippen molar-refractivity contribution in [2.24, 2.45) is 11.0 Å². The molecule has 0 fully saturated rings. The van der Waals surface area contributed by atoms with Crippen LogP contribution in [0.15, 0.2) is 54.2 Å². The van der Waals surface area contributed by atoms with Gasteiger partial charge in [-0.05, 0) is 49.1 Å². The van der Waals surface area contributed by atoms with Gasteiger partial charge in [-0.3, -0.25) is 9.59 Å². The number of nitrogens with one attached hydrogen (secondary N) is 2. The number of nitrogens with zero attached hydrogens (tertiary/aromatic N) is 1. The second kappa shape index (κ2) is 11.9. The van der Waals surface area contributed by atoms with Gasteiger partial charge in [-0.2, -0.15) is 5.10 Å². The minimum absolute atomic E-state index is 0.0510. The molecular formula is C24H28ClN3O4. The molecule has 1 unspecified atom stereocenters. The number of hydrogen-bond acceptors (Lipinski definition) is 5. The summed E-state index contributed by atoms with van der Waals surface area (Å²) in [6, 6.07) is 9.17. The van der Waals surface area contributed by atoms with Crippen LogP contribution in [-0.2, 0) is 11.2 Å². The van der Waals surface area contributed by atoms with Crippen molar-refractivity contribution < 1.29 is 19.4 Å². The molecule has 1 atom stereocenters. The van der Waals surface area contributed by atoms with Crippen molar-refractivity contribution in [3.63, 3.8) is 0 Å². The molecule has 32 heavy (non-hydrogen) atoms. The van der Waals surface area contributed by atoms with Crippen LogP contribution < -0.4 is 15.5 Å². The number of phenols is 1. The summed E-state index contributed by atoms with van der Waals surface area (Å²) in [4.78, 5) is 25.2. The molecular weight excluding hydrogens is 430 g/mol. The van der Waals surface area contributed by atoms with Crippen LogP contribution in [0.1, 0.15) is 42.3 Å². The smallest absolute Gasteiger partial charge is 0.262 e. The Labute approximate surface area is 193 Å². The second-order valence-corrected chi connectivity index (χ2v) is 7.77. The maximum absolute atomic E-state index is 12.7. The molecule has 0 aromatic heterocycles. The number of carbonyl (C=O) groups excluding carboxylic acids is 2. The first-order valence-corrected chi connectivity index (χ1v) is 10.6. The van der Waals surface area contributed by atoms with Crippen molar-refractivity contribution in [3.8, 4) is 11.5 Å². The van der Waals surface area contributed by atoms with Gasteiger partial charge in [0.25, 0.3) is 11.8 Å². The molecule has 0 heterocycles. The highest BCUT2D eigenvalue weighted by molar-refractivity contribution is 6.33. The van der Waals surface area contributed by atoms with Crippen LogP contribution in [-0.4, -0.2) is 35.8 Å². The number of allylic oxidation sites excluding steroid dienone is 1. The highest BCUT2D eigenvalue weighted by Crippen LogP contribution is 2.32. The number of hydrogen-bond donors (Lipinski definition) is 3. The Morgan fingerprint density at radius 1 is 1.28 bits per heavy atom. The fourth-order valence-electron chi connectivity index (χ4n) is 2.98. The van der Waals surface area contributed by atoms with Crippen molar-refractivity contribution in [3.05, 3.63) is 70.8 Å². The summed E-state index contributed by atoms with van der Waals surface area (Å²) in [5, 5.41) is 17.3. The molecule has 7 nitrogen and oxygen atoms in total. The van der Waals surface area contributed by atoms with Gasteiger partial charge in [0.05, 0.1) is 23.4 Å². The van der Waals surface area contributed by atoms with Crippen molar-refractivity contribution in [2.45, 2.75) is 33.2 Å². The van der Waals surface area contributed by atoms with Crippen molar-refractivity contribution in [1.82, 2.24) is 10.7 Å². The monoisotopic (exact) mass is 457 g/mol. The molecule has 3 N–H and O–H groups in total. The molecule has 2 aromatic rings. The average molecular weight is 458 g/mol. The van der Waals surface area contributed by atoms with Gasteiger partial charge in [0, 0.05) is 5.56 Å². The molecule has 2 aromatic carbocycles. The molecule has 0 aliphatic rings. The highest BCUT2D eigenvalue weighted by Gasteiger charge is 2.25. The number of halogens is 1. The van der Waals surface area contributed by atoms with E-state index < -0.39 is 17.9 Å². The fraction of sp³-hybridized carbons (Fsp3) is 0.292. The summed E-state index contributed by atoms with van der Waals surface area (Å²) in [5.41, 5.74) is 4.01. The van der Waals surface area contributed by atoms with Crippen molar-refractivity contribution in [2.75, 3.05) is 6.61 Å². The number of ether oxygens (including phenoxy) is 1. The van der Waals surface area contributed by atoms with Gasteiger partial charge in [-0.15, -0.1) is 6.58 Å². The van der Waals surface area contributed by atoms with Crippen LogP contribution >= 0.6 is 11.6 Å². The normalized spacial score (nSPS) is 11.9. The lowest BCUT2D eigenvalue weighted by Gasteiger charge is -2.20. The Morgan fingerprint density at radius 2 is 2.00 bits per heavy atom. The molecule has 0 bridgehead atoms. The van der Waals surface area contributed by atoms with Crippen molar-refractivity contribution in [1.29, 1.82) is 0 Å². The quantitative estimate of drug-likeness (QED) is 0.284. The first-order chi connectivity index (χ1) is 15.3. The minimum Gasteiger partial charge on any atom is -0.504 e. The predicted octanol–water partition coefficient (Wildman–Crippen LogP) is 4.08. The molecule has 2 amide bonds. The van der Waals surface area contributed by atoms with Crippen LogP contribution in [0.5, 0.6) is 11.5 Å². The van der Waals surface area contributed by atoms with Crippen LogP contribution in [0.3, 0.4) is 0 Å². The minimum atomic E-state index is -0.814. The van der Waals surface area contributed by atoms with E-state index in [1.807, 2.05) is 20.8 Å². The molecule has 0 spiro atoms. The summed E-state index contributed by atoms with van der Waals surface area (Å²) >= 11 is 6.08. The lowest BCUT2D eigenvalue weighted by molar-refractivity contribution is -0.123. The van der Waals surface area contributed by atoms with E-state index in [4.69, 9.17) is 16.3 Å². The topological polar surface area (TPSA) is 100 Å². The molecule has 0 aliphatic heterocycles. The van der Waals surface area contributed by atoms with E-state index in [1.54, 1.807) is 42.5 Å². The molecule has 2 rings (SSSR count). The number of aromatic hydroxyl groups is 1. The van der Waals surface area contributed by atoms with Gasteiger partial charge in [-0.1, -0.05) is 43.7 Å². The zero-order valence-electron chi connectivity index (χ0n) is 18.4. The van der Waals surface area contributed by atoms with Gasteiger partial charge < -0.3 is 15.2 Å². The van der Waals surface area contributed by atoms with Gasteiger partial charge in [0.2, 0.25) is 0 Å². The zero-order valence-corrected chi connectivity index (χ0v) is 19.1. The standard InChI is InChI=1S/C24H28ClN3O4/c1-5-9-17-12-16(13-20(22(17)29)32-6-2)14-26-28-24(31)21(15(3)4)27-23(30)18-10-7-8-11-19(18)25/h5,7-8,10-15,21,29H,1,6,9H2,2-4H3,(H,27,30)(H,28,31)/b26-14+. The summed E-state index contributed by atoms with van der Waals surface area (Å²) in [6.07, 6.45) is 3.56. The number of rotatable bonds is 10. The van der Waals surface area contributed by atoms with Crippen LogP contribution in [0, 0.1) is 5.92 Å². The number of amides is 2. The molecule has 170 valence electrons. The molecule has 0 saturated heterocycles. The first-order valence-electron chi connectivity index (χ1n) is 10.3. The van der Waals surface area contributed by atoms with E-state index in [9.17, 15) is 14.7 Å². The van der Waals surface area contributed by atoms with Gasteiger partial charge in [0.15, 0.2) is 11.5 Å². The Bertz CT molecular complexity index is 1000. The molecule has 8 heteroatoms. The highest BCUT2D eigenvalue weighted by atomic mass is 35.5. The second-order valence-electron chi connectivity index (χ2n) is 7.36. The summed E-state index contributed by atoms with van der Waals surface area (Å²) in [6.45, 7) is 9.53. The van der Waals surface area contributed by atoms with Gasteiger partial charge >= 0.3 is 0 Å². The van der Waals surface area contributed by atoms with Crippen LogP contribution in [0.25, 0.3) is 0 Å². The fourth-order valence-corrected chi connectivity index (χ4v) is 3.20. The number of hydrazone groups is 1. The first kappa shape index (κ1) is 24.9. The molecule has 0 saturated carbocycles. The Balaban J connectivity index is 2.13. The number of carbonyl (C=O) groups is 2. The van der Waals surface area contributed by atoms with Crippen molar-refractivity contribution >= 4 is 29.6 Å². The average Bonchev–Trinajstić information content (AvgIpc) is 2.75. The lowest BCUT2D eigenvalue weighted by atomic mass is 10.0. The molecule has 0 radical (unpaired) electrons. The zero-order chi connectivity index (χ0) is 23.7. The summed E-state index contributed by atoms with van der Waals surface area (Å²) in [5.74, 6) is -0.718. The third kappa shape index (κ3) is 6.59. The Hall–Kier alpha value is -3.32. The van der Waals surface area contributed by atoms with E-state index >= 15 is 0 Å². The van der Waals surface area contributed by atoms with Gasteiger partial charge in [-0.25, -0.2) is 5.43 Å². The van der Waals surface area contributed by atoms with E-state index in [0.29, 0.717) is 40.5 Å². The van der Waals surface area contributed by atoms with E-state index in [0.717, 1.165) is 0 Å². The predicted molar refractivity (Wildman–Crippen MR) is 126 cm³/mol. The molecule has 0 aliphatic carbocycles. The maximum atomic E-state index is 12.7. The Kier molecular flexibility index (Phi) is 9.28. The van der Waals surface area contributed by atoms with E-state index in [1.165, 1.54) is 6.21 Å². The van der Waals surface area contributed by atoms with Gasteiger partial charge in [0.1, 0.15) is 6.04 Å². The van der Waals surface area contributed by atoms with Crippen LogP contribution in [0.2, 0.25) is 5.02 Å². The number of benzene rings is 2. The van der Waals surface area contributed by atoms with Crippen LogP contribution in [0.4, 0.5) is 0 Å². The number of phenolic OH excluding ortho intramolecular Hbond substituents is 1. The summed E-state index contributed by atoms with van der Waals surface area (Å²) < 4.78 is 5.47. The maximum Gasteiger partial charge on any atom is 0.262 e. The SMILES string of the molecule is C=CCc1cc(/C=N/NC(=O)C(NC(=O)c2ccccc2Cl)C(C)C)cc(OCC)c1O. The van der Waals surface area contributed by atoms with E-state index in [2.05, 4.69) is 22.4 Å². The largest absolute Gasteiger partial charge is 0.504 e. The third-order valence-electron chi connectivity index (χ3n) is 4.58.